The first-order valence-electron chi connectivity index (χ1n) is 6.92. The lowest BCUT2D eigenvalue weighted by atomic mass is 10.3. The van der Waals surface area contributed by atoms with Gasteiger partial charge in [0.1, 0.15) is 17.5 Å². The van der Waals surface area contributed by atoms with Gasteiger partial charge in [0.15, 0.2) is 11.6 Å². The van der Waals surface area contributed by atoms with Crippen molar-refractivity contribution in [2.75, 3.05) is 5.32 Å². The number of carbonyl (C=O) groups is 1. The first kappa shape index (κ1) is 14.8. The molecule has 8 heteroatoms. The molecule has 3 heterocycles. The number of anilines is 1. The molecule has 0 bridgehead atoms. The van der Waals surface area contributed by atoms with E-state index in [1.54, 1.807) is 38.1 Å². The first-order chi connectivity index (χ1) is 11.0. The Morgan fingerprint density at radius 1 is 1.35 bits per heavy atom. The van der Waals surface area contributed by atoms with Crippen LogP contribution in [0.1, 0.15) is 18.7 Å². The SMILES string of the molecule is Cc1cc(NC(=O)C(C)n2nc(-c3ccco3)ccc2=O)no1. The van der Waals surface area contributed by atoms with Crippen LogP contribution in [-0.2, 0) is 4.79 Å². The van der Waals surface area contributed by atoms with E-state index in [4.69, 9.17) is 8.94 Å². The zero-order valence-corrected chi connectivity index (χ0v) is 12.5. The lowest BCUT2D eigenvalue weighted by Crippen LogP contribution is -2.33. The number of nitrogens with one attached hydrogen (secondary N) is 1. The summed E-state index contributed by atoms with van der Waals surface area (Å²) < 4.78 is 11.2. The number of aromatic nitrogens is 3. The summed E-state index contributed by atoms with van der Waals surface area (Å²) in [5.41, 5.74) is 0.0748. The van der Waals surface area contributed by atoms with Crippen molar-refractivity contribution in [3.05, 3.63) is 52.7 Å². The van der Waals surface area contributed by atoms with Gasteiger partial charge in [0.25, 0.3) is 5.56 Å². The fourth-order valence-corrected chi connectivity index (χ4v) is 2.03. The van der Waals surface area contributed by atoms with Gasteiger partial charge in [0.05, 0.1) is 6.26 Å². The topological polar surface area (TPSA) is 103 Å². The number of rotatable bonds is 4. The van der Waals surface area contributed by atoms with E-state index >= 15 is 0 Å². The summed E-state index contributed by atoms with van der Waals surface area (Å²) in [6, 6.07) is 7.09. The number of aryl methyl sites for hydroxylation is 1. The minimum absolute atomic E-state index is 0.287. The van der Waals surface area contributed by atoms with Crippen molar-refractivity contribution in [3.63, 3.8) is 0 Å². The van der Waals surface area contributed by atoms with Crippen molar-refractivity contribution < 1.29 is 13.7 Å². The molecule has 0 spiro atoms. The lowest BCUT2D eigenvalue weighted by molar-refractivity contribution is -0.119. The Hall–Kier alpha value is -3.16. The monoisotopic (exact) mass is 314 g/mol. The Balaban J connectivity index is 1.86. The normalized spacial score (nSPS) is 12.1. The van der Waals surface area contributed by atoms with Crippen LogP contribution in [0.2, 0.25) is 0 Å². The van der Waals surface area contributed by atoms with Gasteiger partial charge in [-0.1, -0.05) is 5.16 Å². The Kier molecular flexibility index (Phi) is 3.80. The van der Waals surface area contributed by atoms with Gasteiger partial charge in [-0.25, -0.2) is 4.68 Å². The Morgan fingerprint density at radius 2 is 2.17 bits per heavy atom. The van der Waals surface area contributed by atoms with E-state index in [1.165, 1.54) is 12.3 Å². The standard InChI is InChI=1S/C15H14N4O4/c1-9-8-13(18-23-9)16-15(21)10(2)19-14(20)6-5-11(17-19)12-4-3-7-22-12/h3-8,10H,1-2H3,(H,16,18,21). The summed E-state index contributed by atoms with van der Waals surface area (Å²) in [7, 11) is 0. The van der Waals surface area contributed by atoms with Crippen LogP contribution in [0.3, 0.4) is 0 Å². The van der Waals surface area contributed by atoms with Gasteiger partial charge < -0.3 is 14.3 Å². The smallest absolute Gasteiger partial charge is 0.267 e. The molecular weight excluding hydrogens is 300 g/mol. The average molecular weight is 314 g/mol. The Labute approximate surface area is 130 Å². The largest absolute Gasteiger partial charge is 0.463 e. The second-order valence-electron chi connectivity index (χ2n) is 4.97. The highest BCUT2D eigenvalue weighted by molar-refractivity contribution is 5.92. The molecule has 8 nitrogen and oxygen atoms in total. The fraction of sp³-hybridized carbons (Fsp3) is 0.200. The number of hydrogen-bond donors (Lipinski definition) is 1. The summed E-state index contributed by atoms with van der Waals surface area (Å²) in [6.07, 6.45) is 1.51. The van der Waals surface area contributed by atoms with Crippen LogP contribution in [0.4, 0.5) is 5.82 Å². The highest BCUT2D eigenvalue weighted by Crippen LogP contribution is 2.16. The Bertz CT molecular complexity index is 879. The molecule has 3 rings (SSSR count). The van der Waals surface area contributed by atoms with Crippen molar-refractivity contribution in [2.24, 2.45) is 0 Å². The zero-order valence-electron chi connectivity index (χ0n) is 12.5. The molecule has 0 aromatic carbocycles. The third kappa shape index (κ3) is 3.05. The van der Waals surface area contributed by atoms with E-state index in [2.05, 4.69) is 15.6 Å². The third-order valence-corrected chi connectivity index (χ3v) is 3.22. The zero-order chi connectivity index (χ0) is 16.4. The molecule has 3 aromatic heterocycles. The summed E-state index contributed by atoms with van der Waals surface area (Å²) >= 11 is 0. The number of carbonyl (C=O) groups excluding carboxylic acids is 1. The first-order valence-corrected chi connectivity index (χ1v) is 6.92. The van der Waals surface area contributed by atoms with Crippen molar-refractivity contribution in [3.8, 4) is 11.5 Å². The number of nitrogens with zero attached hydrogens (tertiary/aromatic N) is 3. The number of hydrogen-bond acceptors (Lipinski definition) is 6. The summed E-state index contributed by atoms with van der Waals surface area (Å²) in [6.45, 7) is 3.29. The van der Waals surface area contributed by atoms with E-state index in [1.807, 2.05) is 0 Å². The van der Waals surface area contributed by atoms with Crippen molar-refractivity contribution in [1.82, 2.24) is 14.9 Å². The molecule has 118 valence electrons. The van der Waals surface area contributed by atoms with Gasteiger partial charge in [-0.3, -0.25) is 9.59 Å². The molecule has 1 atom stereocenters. The quantitative estimate of drug-likeness (QED) is 0.790. The van der Waals surface area contributed by atoms with Crippen LogP contribution >= 0.6 is 0 Å². The predicted molar refractivity (Wildman–Crippen MR) is 80.8 cm³/mol. The van der Waals surface area contributed by atoms with E-state index in [9.17, 15) is 9.59 Å². The van der Waals surface area contributed by atoms with E-state index in [0.717, 1.165) is 4.68 Å². The van der Waals surface area contributed by atoms with Crippen LogP contribution in [-0.4, -0.2) is 20.8 Å². The van der Waals surface area contributed by atoms with Crippen molar-refractivity contribution >= 4 is 11.7 Å². The molecule has 1 amide bonds. The van der Waals surface area contributed by atoms with E-state index in [0.29, 0.717) is 17.2 Å². The predicted octanol–water partition coefficient (Wildman–Crippen LogP) is 2.00. The minimum Gasteiger partial charge on any atom is -0.463 e. The van der Waals surface area contributed by atoms with Crippen LogP contribution < -0.4 is 10.9 Å². The van der Waals surface area contributed by atoms with Gasteiger partial charge >= 0.3 is 0 Å². The van der Waals surface area contributed by atoms with Crippen LogP contribution in [0.25, 0.3) is 11.5 Å². The molecule has 0 aliphatic rings. The van der Waals surface area contributed by atoms with Gasteiger partial charge in [0.2, 0.25) is 5.91 Å². The molecule has 0 aliphatic carbocycles. The molecule has 0 saturated carbocycles. The lowest BCUT2D eigenvalue weighted by Gasteiger charge is -2.13. The third-order valence-electron chi connectivity index (χ3n) is 3.22. The minimum atomic E-state index is -0.825. The maximum atomic E-state index is 12.3. The molecule has 0 radical (unpaired) electrons. The fourth-order valence-electron chi connectivity index (χ4n) is 2.03. The molecule has 23 heavy (non-hydrogen) atoms. The number of furan rings is 1. The number of amides is 1. The van der Waals surface area contributed by atoms with Gasteiger partial charge in [-0.15, -0.1) is 0 Å². The molecular formula is C15H14N4O4. The summed E-state index contributed by atoms with van der Waals surface area (Å²) in [5.74, 6) is 0.945. The second kappa shape index (κ2) is 5.91. The highest BCUT2D eigenvalue weighted by Gasteiger charge is 2.19. The van der Waals surface area contributed by atoms with Gasteiger partial charge in [-0.05, 0) is 32.0 Å². The second-order valence-corrected chi connectivity index (χ2v) is 4.97. The van der Waals surface area contributed by atoms with E-state index in [-0.39, 0.29) is 11.4 Å². The van der Waals surface area contributed by atoms with Crippen LogP contribution in [0, 0.1) is 6.92 Å². The molecule has 1 unspecified atom stereocenters. The van der Waals surface area contributed by atoms with Crippen LogP contribution in [0.5, 0.6) is 0 Å². The molecule has 0 saturated heterocycles. The summed E-state index contributed by atoms with van der Waals surface area (Å²) in [5, 5.41) is 10.4. The van der Waals surface area contributed by atoms with Crippen molar-refractivity contribution in [2.45, 2.75) is 19.9 Å². The maximum absolute atomic E-state index is 12.3. The van der Waals surface area contributed by atoms with E-state index < -0.39 is 11.9 Å². The molecule has 3 aromatic rings. The Morgan fingerprint density at radius 3 is 2.83 bits per heavy atom. The maximum Gasteiger partial charge on any atom is 0.267 e. The molecule has 1 N–H and O–H groups in total. The van der Waals surface area contributed by atoms with Gasteiger partial charge in [-0.2, -0.15) is 5.10 Å². The van der Waals surface area contributed by atoms with Crippen LogP contribution in [0.15, 0.2) is 50.3 Å². The molecule has 0 aliphatic heterocycles. The average Bonchev–Trinajstić information content (AvgIpc) is 3.19. The highest BCUT2D eigenvalue weighted by atomic mass is 16.5. The summed E-state index contributed by atoms with van der Waals surface area (Å²) in [4.78, 5) is 24.3. The van der Waals surface area contributed by atoms with Crippen molar-refractivity contribution in [1.29, 1.82) is 0 Å². The van der Waals surface area contributed by atoms with Gasteiger partial charge in [0, 0.05) is 12.1 Å². The molecule has 0 fully saturated rings.